The summed E-state index contributed by atoms with van der Waals surface area (Å²) in [6.07, 6.45) is 0. The fourth-order valence-corrected chi connectivity index (χ4v) is 1.44. The van der Waals surface area contributed by atoms with Crippen LogP contribution in [0.4, 0.5) is 0 Å². The van der Waals surface area contributed by atoms with Gasteiger partial charge in [-0.05, 0) is 18.2 Å². The van der Waals surface area contributed by atoms with Crippen molar-refractivity contribution in [2.45, 2.75) is 0 Å². The maximum Gasteiger partial charge on any atom is 0.272 e. The molecule has 0 aliphatic rings. The van der Waals surface area contributed by atoms with Crippen molar-refractivity contribution in [3.8, 4) is 5.88 Å². The van der Waals surface area contributed by atoms with E-state index in [9.17, 15) is 4.79 Å². The predicted octanol–water partition coefficient (Wildman–Crippen LogP) is 1.59. The Hall–Kier alpha value is -1.55. The monoisotopic (exact) mass is 210 g/mol. The predicted molar refractivity (Wildman–Crippen MR) is 53.9 cm³/mol. The lowest BCUT2D eigenvalue weighted by Gasteiger charge is -2.02. The first-order valence-electron chi connectivity index (χ1n) is 3.94. The van der Waals surface area contributed by atoms with E-state index >= 15 is 0 Å². The maximum absolute atomic E-state index is 11.3. The van der Waals surface area contributed by atoms with Crippen molar-refractivity contribution in [2.24, 2.45) is 0 Å². The third-order valence-corrected chi connectivity index (χ3v) is 2.14. The second kappa shape index (κ2) is 3.31. The minimum Gasteiger partial charge on any atom is -0.480 e. The Balaban J connectivity index is 2.92. The van der Waals surface area contributed by atoms with Crippen molar-refractivity contribution in [1.82, 2.24) is 10.2 Å². The minimum absolute atomic E-state index is 0.252. The molecule has 1 heterocycles. The van der Waals surface area contributed by atoms with Crippen LogP contribution in [0.15, 0.2) is 23.0 Å². The topological polar surface area (TPSA) is 55.0 Å². The number of nitrogens with zero attached hydrogens (tertiary/aromatic N) is 1. The molecule has 2 rings (SSSR count). The number of halogens is 1. The summed E-state index contributed by atoms with van der Waals surface area (Å²) in [7, 11) is 1.49. The Bertz CT molecular complexity index is 536. The van der Waals surface area contributed by atoms with Crippen molar-refractivity contribution in [2.75, 3.05) is 7.11 Å². The molecule has 14 heavy (non-hydrogen) atoms. The van der Waals surface area contributed by atoms with Crippen LogP contribution >= 0.6 is 11.6 Å². The van der Waals surface area contributed by atoms with Crippen LogP contribution in [0.2, 0.25) is 5.02 Å². The average Bonchev–Trinajstić information content (AvgIpc) is 2.18. The molecule has 2 aromatic rings. The van der Waals surface area contributed by atoms with Crippen molar-refractivity contribution in [3.63, 3.8) is 0 Å². The lowest BCUT2D eigenvalue weighted by Crippen LogP contribution is -2.09. The minimum atomic E-state index is -0.252. The number of aromatic nitrogens is 2. The van der Waals surface area contributed by atoms with Gasteiger partial charge in [0.25, 0.3) is 5.56 Å². The van der Waals surface area contributed by atoms with Crippen molar-refractivity contribution in [1.29, 1.82) is 0 Å². The lowest BCUT2D eigenvalue weighted by molar-refractivity contribution is 0.397. The SMILES string of the molecule is COc1n[nH]c(=O)c2ccc(Cl)cc12. The molecule has 1 aromatic carbocycles. The number of fused-ring (bicyclic) bond motifs is 1. The van der Waals surface area contributed by atoms with Crippen LogP contribution < -0.4 is 10.3 Å². The number of hydrogen-bond acceptors (Lipinski definition) is 3. The summed E-state index contributed by atoms with van der Waals surface area (Å²) in [6, 6.07) is 4.94. The molecule has 0 saturated carbocycles. The van der Waals surface area contributed by atoms with Gasteiger partial charge >= 0.3 is 0 Å². The summed E-state index contributed by atoms with van der Waals surface area (Å²) in [5.41, 5.74) is -0.252. The van der Waals surface area contributed by atoms with Gasteiger partial charge in [0.2, 0.25) is 5.88 Å². The van der Waals surface area contributed by atoms with Crippen LogP contribution in [-0.2, 0) is 0 Å². The smallest absolute Gasteiger partial charge is 0.272 e. The van der Waals surface area contributed by atoms with Crippen molar-refractivity contribution < 1.29 is 4.74 Å². The second-order valence-electron chi connectivity index (χ2n) is 2.75. The summed E-state index contributed by atoms with van der Waals surface area (Å²) in [6.45, 7) is 0. The fraction of sp³-hybridized carbons (Fsp3) is 0.111. The fourth-order valence-electron chi connectivity index (χ4n) is 1.27. The van der Waals surface area contributed by atoms with Gasteiger partial charge in [-0.25, -0.2) is 5.10 Å². The van der Waals surface area contributed by atoms with Crippen LogP contribution in [-0.4, -0.2) is 17.3 Å². The molecule has 0 amide bonds. The second-order valence-corrected chi connectivity index (χ2v) is 3.19. The molecule has 72 valence electrons. The largest absolute Gasteiger partial charge is 0.480 e. The van der Waals surface area contributed by atoms with Gasteiger partial charge in [-0.1, -0.05) is 11.6 Å². The Kier molecular flexibility index (Phi) is 2.13. The van der Waals surface area contributed by atoms with Gasteiger partial charge in [0.1, 0.15) is 0 Å². The number of hydrogen-bond donors (Lipinski definition) is 1. The molecule has 0 bridgehead atoms. The van der Waals surface area contributed by atoms with Crippen LogP contribution in [0.25, 0.3) is 10.8 Å². The first-order chi connectivity index (χ1) is 6.72. The van der Waals surface area contributed by atoms with E-state index in [1.165, 1.54) is 7.11 Å². The van der Waals surface area contributed by atoms with Crippen LogP contribution in [0.1, 0.15) is 0 Å². The van der Waals surface area contributed by atoms with E-state index in [4.69, 9.17) is 16.3 Å². The van der Waals surface area contributed by atoms with Crippen molar-refractivity contribution in [3.05, 3.63) is 33.6 Å². The van der Waals surface area contributed by atoms with Crippen LogP contribution in [0, 0.1) is 0 Å². The van der Waals surface area contributed by atoms with Crippen LogP contribution in [0.3, 0.4) is 0 Å². The van der Waals surface area contributed by atoms with Gasteiger partial charge in [-0.3, -0.25) is 4.79 Å². The maximum atomic E-state index is 11.3. The molecule has 5 heteroatoms. The number of nitrogens with one attached hydrogen (secondary N) is 1. The number of rotatable bonds is 1. The first-order valence-corrected chi connectivity index (χ1v) is 4.32. The third kappa shape index (κ3) is 1.33. The Morgan fingerprint density at radius 3 is 2.93 bits per heavy atom. The average molecular weight is 211 g/mol. The van der Waals surface area contributed by atoms with E-state index in [-0.39, 0.29) is 5.56 Å². The zero-order valence-corrected chi connectivity index (χ0v) is 8.13. The quantitative estimate of drug-likeness (QED) is 0.778. The molecule has 0 radical (unpaired) electrons. The molecule has 0 aliphatic heterocycles. The highest BCUT2D eigenvalue weighted by Crippen LogP contribution is 2.22. The van der Waals surface area contributed by atoms with E-state index in [2.05, 4.69) is 10.2 Å². The summed E-state index contributed by atoms with van der Waals surface area (Å²) in [4.78, 5) is 11.3. The third-order valence-electron chi connectivity index (χ3n) is 1.91. The zero-order valence-electron chi connectivity index (χ0n) is 7.37. The van der Waals surface area contributed by atoms with E-state index in [1.54, 1.807) is 18.2 Å². The molecule has 1 aromatic heterocycles. The lowest BCUT2D eigenvalue weighted by atomic mass is 10.2. The Labute approximate surface area is 84.5 Å². The standard InChI is InChI=1S/C9H7ClN2O2/c1-14-9-7-4-5(10)2-3-6(7)8(13)11-12-9/h2-4H,1H3,(H,11,13). The summed E-state index contributed by atoms with van der Waals surface area (Å²) in [5, 5.41) is 7.76. The molecular formula is C9H7ClN2O2. The Morgan fingerprint density at radius 2 is 2.21 bits per heavy atom. The van der Waals surface area contributed by atoms with E-state index in [0.717, 1.165) is 0 Å². The molecule has 0 fully saturated rings. The number of benzene rings is 1. The molecule has 0 atom stereocenters. The number of ether oxygens (including phenoxy) is 1. The highest BCUT2D eigenvalue weighted by atomic mass is 35.5. The number of H-pyrrole nitrogens is 1. The molecule has 0 saturated heterocycles. The summed E-state index contributed by atoms with van der Waals surface area (Å²) < 4.78 is 5.00. The van der Waals surface area contributed by atoms with Gasteiger partial charge in [0, 0.05) is 5.02 Å². The van der Waals surface area contributed by atoms with Gasteiger partial charge in [0.15, 0.2) is 0 Å². The molecule has 0 spiro atoms. The van der Waals surface area contributed by atoms with Gasteiger partial charge in [0.05, 0.1) is 17.9 Å². The van der Waals surface area contributed by atoms with E-state index < -0.39 is 0 Å². The molecule has 4 nitrogen and oxygen atoms in total. The molecule has 0 aliphatic carbocycles. The zero-order chi connectivity index (χ0) is 10.1. The van der Waals surface area contributed by atoms with E-state index in [1.807, 2.05) is 0 Å². The van der Waals surface area contributed by atoms with Gasteiger partial charge < -0.3 is 4.74 Å². The van der Waals surface area contributed by atoms with Crippen molar-refractivity contribution >= 4 is 22.4 Å². The van der Waals surface area contributed by atoms with Gasteiger partial charge in [-0.2, -0.15) is 0 Å². The molecular weight excluding hydrogens is 204 g/mol. The Morgan fingerprint density at radius 1 is 1.43 bits per heavy atom. The summed E-state index contributed by atoms with van der Waals surface area (Å²) in [5.74, 6) is 0.363. The first kappa shape index (κ1) is 9.02. The van der Waals surface area contributed by atoms with Gasteiger partial charge in [-0.15, -0.1) is 5.10 Å². The number of methoxy groups -OCH3 is 1. The summed E-state index contributed by atoms with van der Waals surface area (Å²) >= 11 is 5.80. The van der Waals surface area contributed by atoms with E-state index in [0.29, 0.717) is 21.7 Å². The highest BCUT2D eigenvalue weighted by molar-refractivity contribution is 6.31. The molecule has 1 N–H and O–H groups in total. The number of aromatic amines is 1. The van der Waals surface area contributed by atoms with Crippen LogP contribution in [0.5, 0.6) is 5.88 Å². The highest BCUT2D eigenvalue weighted by Gasteiger charge is 2.06. The normalized spacial score (nSPS) is 10.4. The molecule has 0 unspecified atom stereocenters.